The number of nitrogens with one attached hydrogen (secondary N) is 2. The van der Waals surface area contributed by atoms with Crippen LogP contribution in [-0.4, -0.2) is 28.0 Å². The van der Waals surface area contributed by atoms with Gasteiger partial charge in [-0.25, -0.2) is 0 Å². The average Bonchev–Trinajstić information content (AvgIpc) is 3.10. The van der Waals surface area contributed by atoms with E-state index in [1.165, 1.54) is 19.3 Å². The summed E-state index contributed by atoms with van der Waals surface area (Å²) in [6.45, 7) is 0.915. The summed E-state index contributed by atoms with van der Waals surface area (Å²) in [7, 11) is -0.805. The van der Waals surface area contributed by atoms with Gasteiger partial charge in [0.05, 0.1) is 6.04 Å². The molecule has 1 amide bonds. The molecule has 1 aliphatic carbocycles. The highest BCUT2D eigenvalue weighted by atomic mass is 35.5. The van der Waals surface area contributed by atoms with E-state index in [2.05, 4.69) is 10.6 Å². The van der Waals surface area contributed by atoms with Crippen LogP contribution in [0.4, 0.5) is 5.69 Å². The van der Waals surface area contributed by atoms with E-state index in [-0.39, 0.29) is 24.4 Å². The fraction of sp³-hybridized carbons (Fsp3) is 0.611. The van der Waals surface area contributed by atoms with Crippen LogP contribution in [0.1, 0.15) is 50.5 Å². The number of carbonyl (C=O) groups excluding carboxylic acids is 1. The fourth-order valence-corrected chi connectivity index (χ4v) is 5.09. The molecule has 0 radical (unpaired) electrons. The highest BCUT2D eigenvalue weighted by Crippen LogP contribution is 2.24. The quantitative estimate of drug-likeness (QED) is 0.835. The molecular weight excluding hydrogens is 344 g/mol. The molecule has 0 spiro atoms. The second-order valence-corrected chi connectivity index (χ2v) is 8.34. The van der Waals surface area contributed by atoms with Crippen molar-refractivity contribution in [3.63, 3.8) is 0 Å². The summed E-state index contributed by atoms with van der Waals surface area (Å²) in [5.74, 6) is 0.629. The van der Waals surface area contributed by atoms with Crippen LogP contribution in [0, 0.1) is 0 Å². The molecule has 1 saturated heterocycles. The van der Waals surface area contributed by atoms with E-state index in [9.17, 15) is 9.00 Å². The van der Waals surface area contributed by atoms with Crippen molar-refractivity contribution in [1.29, 1.82) is 0 Å². The van der Waals surface area contributed by atoms with Gasteiger partial charge in [-0.3, -0.25) is 9.00 Å². The number of carbonyl (C=O) groups is 1. The number of benzene rings is 1. The average molecular weight is 371 g/mol. The topological polar surface area (TPSA) is 58.2 Å². The van der Waals surface area contributed by atoms with Gasteiger partial charge in [0.1, 0.15) is 0 Å². The Labute approximate surface area is 153 Å². The molecule has 3 rings (SSSR count). The number of halogens is 1. The lowest BCUT2D eigenvalue weighted by molar-refractivity contribution is -0.117. The molecule has 2 atom stereocenters. The third kappa shape index (κ3) is 5.30. The summed E-state index contributed by atoms with van der Waals surface area (Å²) in [6.07, 6.45) is 7.84. The summed E-state index contributed by atoms with van der Waals surface area (Å²) in [4.78, 5) is 12.2. The Morgan fingerprint density at radius 2 is 1.96 bits per heavy atom. The van der Waals surface area contributed by atoms with Crippen molar-refractivity contribution >= 4 is 34.8 Å². The molecular formula is C18H27ClN2O2S. The molecule has 0 aromatic heterocycles. The highest BCUT2D eigenvalue weighted by Gasteiger charge is 2.22. The van der Waals surface area contributed by atoms with Gasteiger partial charge in [0.2, 0.25) is 5.91 Å². The Balaban J connectivity index is 0.00000208. The van der Waals surface area contributed by atoms with Crippen LogP contribution in [0.25, 0.3) is 0 Å². The van der Waals surface area contributed by atoms with Gasteiger partial charge in [0, 0.05) is 27.5 Å². The number of amides is 1. The Hall–Kier alpha value is -0.910. The predicted molar refractivity (Wildman–Crippen MR) is 102 cm³/mol. The lowest BCUT2D eigenvalue weighted by Crippen LogP contribution is -2.35. The minimum Gasteiger partial charge on any atom is -0.325 e. The summed E-state index contributed by atoms with van der Waals surface area (Å²) in [5.41, 5.74) is 1.85. The number of rotatable bonds is 5. The van der Waals surface area contributed by atoms with E-state index in [0.717, 1.165) is 43.5 Å². The molecule has 2 fully saturated rings. The normalized spacial score (nSPS) is 22.6. The first-order valence-corrected chi connectivity index (χ1v) is 10.1. The van der Waals surface area contributed by atoms with Crippen molar-refractivity contribution in [3.8, 4) is 0 Å². The molecule has 2 unspecified atom stereocenters. The minimum atomic E-state index is -0.805. The minimum absolute atomic E-state index is 0. The summed E-state index contributed by atoms with van der Waals surface area (Å²) in [6, 6.07) is 7.73. The standard InChI is InChI=1S/C18H26N2O2S.ClH/c21-18(17-10-5-11-19-17)20-15-7-4-6-14(12-15)13-23(22)16-8-2-1-3-9-16;/h4,6-7,12,16-17,19H,1-3,5,8-11,13H2,(H,20,21);1H. The van der Waals surface area contributed by atoms with Crippen molar-refractivity contribution in [2.45, 2.75) is 62.0 Å². The van der Waals surface area contributed by atoms with Gasteiger partial charge < -0.3 is 10.6 Å². The van der Waals surface area contributed by atoms with Crippen LogP contribution in [-0.2, 0) is 21.3 Å². The van der Waals surface area contributed by atoms with Gasteiger partial charge in [-0.1, -0.05) is 31.4 Å². The molecule has 134 valence electrons. The van der Waals surface area contributed by atoms with Gasteiger partial charge >= 0.3 is 0 Å². The summed E-state index contributed by atoms with van der Waals surface area (Å²) >= 11 is 0. The summed E-state index contributed by atoms with van der Waals surface area (Å²) < 4.78 is 12.5. The maximum atomic E-state index is 12.5. The molecule has 24 heavy (non-hydrogen) atoms. The van der Waals surface area contributed by atoms with E-state index in [1.54, 1.807) is 0 Å². The van der Waals surface area contributed by atoms with E-state index >= 15 is 0 Å². The first-order valence-electron chi connectivity index (χ1n) is 8.73. The van der Waals surface area contributed by atoms with Gasteiger partial charge in [0.25, 0.3) is 0 Å². The predicted octanol–water partition coefficient (Wildman–Crippen LogP) is 3.38. The van der Waals surface area contributed by atoms with Crippen LogP contribution in [0.2, 0.25) is 0 Å². The monoisotopic (exact) mass is 370 g/mol. The third-order valence-electron chi connectivity index (χ3n) is 4.80. The van der Waals surface area contributed by atoms with Gasteiger partial charge in [-0.2, -0.15) is 0 Å². The molecule has 1 aliphatic heterocycles. The second kappa shape index (κ2) is 9.54. The van der Waals surface area contributed by atoms with Crippen molar-refractivity contribution in [3.05, 3.63) is 29.8 Å². The maximum Gasteiger partial charge on any atom is 0.241 e. The van der Waals surface area contributed by atoms with Crippen LogP contribution in [0.3, 0.4) is 0 Å². The summed E-state index contributed by atoms with van der Waals surface area (Å²) in [5, 5.41) is 6.53. The zero-order valence-corrected chi connectivity index (χ0v) is 15.6. The SMILES string of the molecule is Cl.O=C(Nc1cccc(CS(=O)C2CCCCC2)c1)C1CCCN1. The zero-order valence-electron chi connectivity index (χ0n) is 14.0. The molecule has 6 heteroatoms. The van der Waals surface area contributed by atoms with Crippen molar-refractivity contribution in [2.75, 3.05) is 11.9 Å². The lowest BCUT2D eigenvalue weighted by Gasteiger charge is -2.21. The molecule has 2 N–H and O–H groups in total. The molecule has 1 aromatic rings. The first-order chi connectivity index (χ1) is 11.2. The fourth-order valence-electron chi connectivity index (χ4n) is 3.49. The van der Waals surface area contributed by atoms with Crippen molar-refractivity contribution in [2.24, 2.45) is 0 Å². The second-order valence-electron chi connectivity index (χ2n) is 6.62. The van der Waals surface area contributed by atoms with Gasteiger partial charge in [-0.05, 0) is 49.9 Å². The van der Waals surface area contributed by atoms with Crippen LogP contribution in [0.5, 0.6) is 0 Å². The van der Waals surface area contributed by atoms with Crippen LogP contribution >= 0.6 is 12.4 Å². The van der Waals surface area contributed by atoms with Gasteiger partial charge in [-0.15, -0.1) is 12.4 Å². The molecule has 1 saturated carbocycles. The smallest absolute Gasteiger partial charge is 0.241 e. The van der Waals surface area contributed by atoms with E-state index in [4.69, 9.17) is 0 Å². The Bertz CT molecular complexity index is 570. The van der Waals surface area contributed by atoms with E-state index < -0.39 is 10.8 Å². The van der Waals surface area contributed by atoms with Crippen LogP contribution < -0.4 is 10.6 Å². The molecule has 4 nitrogen and oxygen atoms in total. The largest absolute Gasteiger partial charge is 0.325 e. The van der Waals surface area contributed by atoms with E-state index in [1.807, 2.05) is 24.3 Å². The van der Waals surface area contributed by atoms with Crippen LogP contribution in [0.15, 0.2) is 24.3 Å². The Morgan fingerprint density at radius 1 is 1.17 bits per heavy atom. The van der Waals surface area contributed by atoms with Crippen molar-refractivity contribution < 1.29 is 9.00 Å². The molecule has 1 heterocycles. The van der Waals surface area contributed by atoms with E-state index in [0.29, 0.717) is 11.0 Å². The third-order valence-corrected chi connectivity index (χ3v) is 6.64. The lowest BCUT2D eigenvalue weighted by atomic mass is 10.0. The molecule has 2 aliphatic rings. The number of hydrogen-bond acceptors (Lipinski definition) is 3. The molecule has 0 bridgehead atoms. The maximum absolute atomic E-state index is 12.5. The highest BCUT2D eigenvalue weighted by molar-refractivity contribution is 7.84. The zero-order chi connectivity index (χ0) is 16.1. The number of anilines is 1. The Kier molecular flexibility index (Phi) is 7.72. The first kappa shape index (κ1) is 19.4. The van der Waals surface area contributed by atoms with Gasteiger partial charge in [0.15, 0.2) is 0 Å². The number of hydrogen-bond donors (Lipinski definition) is 2. The van der Waals surface area contributed by atoms with Crippen molar-refractivity contribution in [1.82, 2.24) is 5.32 Å². The Morgan fingerprint density at radius 3 is 2.67 bits per heavy atom. The molecule has 1 aromatic carbocycles.